The minimum atomic E-state index is -0.238. The first-order valence-electron chi connectivity index (χ1n) is 5.87. The van der Waals surface area contributed by atoms with Gasteiger partial charge in [-0.1, -0.05) is 23.0 Å². The van der Waals surface area contributed by atoms with Gasteiger partial charge in [-0.2, -0.15) is 0 Å². The normalized spacial score (nSPS) is 11.8. The number of pyridine rings is 1. The van der Waals surface area contributed by atoms with E-state index in [0.29, 0.717) is 23.1 Å². The number of nitrogens with two attached hydrogens (primary N) is 1. The summed E-state index contributed by atoms with van der Waals surface area (Å²) in [5, 5.41) is 18.6. The quantitative estimate of drug-likeness (QED) is 0.241. The molecule has 0 fully saturated rings. The lowest BCUT2D eigenvalue weighted by molar-refractivity contribution is 0.318. The Balaban J connectivity index is 2.21. The third kappa shape index (κ3) is 2.82. The second-order valence-corrected chi connectivity index (χ2v) is 4.78. The van der Waals surface area contributed by atoms with Gasteiger partial charge in [0.1, 0.15) is 5.69 Å². The molecule has 0 radical (unpaired) electrons. The van der Waals surface area contributed by atoms with Crippen LogP contribution >= 0.6 is 11.8 Å². The van der Waals surface area contributed by atoms with Crippen molar-refractivity contribution in [1.82, 2.24) is 19.7 Å². The molecule has 106 valence electrons. The molecule has 0 bridgehead atoms. The van der Waals surface area contributed by atoms with Crippen molar-refractivity contribution in [3.8, 4) is 0 Å². The Morgan fingerprint density at radius 2 is 2.45 bits per heavy atom. The average molecular weight is 294 g/mol. The van der Waals surface area contributed by atoms with Crippen molar-refractivity contribution < 1.29 is 5.21 Å². The molecule has 0 aliphatic rings. The minimum absolute atomic E-state index is 0.0453. The maximum atomic E-state index is 11.5. The fourth-order valence-electron chi connectivity index (χ4n) is 1.67. The smallest absolute Gasteiger partial charge is 0.343 e. The lowest BCUT2D eigenvalue weighted by Crippen LogP contribution is -2.17. The summed E-state index contributed by atoms with van der Waals surface area (Å²) >= 11 is 1.38. The summed E-state index contributed by atoms with van der Waals surface area (Å²) in [7, 11) is 0. The van der Waals surface area contributed by atoms with Crippen LogP contribution in [0, 0.1) is 0 Å². The molecular weight excluding hydrogens is 280 g/mol. The molecular formula is C11H14N6O2S. The molecule has 20 heavy (non-hydrogen) atoms. The molecule has 2 heterocycles. The molecule has 0 saturated heterocycles. The van der Waals surface area contributed by atoms with Crippen LogP contribution in [0.25, 0.3) is 0 Å². The zero-order chi connectivity index (χ0) is 14.5. The summed E-state index contributed by atoms with van der Waals surface area (Å²) in [6.45, 7) is 2.41. The first-order chi connectivity index (χ1) is 9.67. The van der Waals surface area contributed by atoms with Crippen LogP contribution in [-0.2, 0) is 12.3 Å². The Bertz CT molecular complexity index is 678. The van der Waals surface area contributed by atoms with Crippen LogP contribution in [0.3, 0.4) is 0 Å². The molecule has 0 aliphatic carbocycles. The van der Waals surface area contributed by atoms with Crippen molar-refractivity contribution in [3.63, 3.8) is 0 Å². The molecule has 0 aromatic carbocycles. The van der Waals surface area contributed by atoms with Gasteiger partial charge in [-0.25, -0.2) is 9.89 Å². The number of hydrogen-bond acceptors (Lipinski definition) is 6. The minimum Gasteiger partial charge on any atom is -0.409 e. The highest BCUT2D eigenvalue weighted by molar-refractivity contribution is 7.98. The Morgan fingerprint density at radius 1 is 1.65 bits per heavy atom. The van der Waals surface area contributed by atoms with Gasteiger partial charge in [0, 0.05) is 18.5 Å². The van der Waals surface area contributed by atoms with E-state index in [1.165, 1.54) is 16.3 Å². The number of thioether (sulfide) groups is 1. The number of oxime groups is 1. The van der Waals surface area contributed by atoms with Gasteiger partial charge in [-0.05, 0) is 18.6 Å². The van der Waals surface area contributed by atoms with E-state index in [9.17, 15) is 4.79 Å². The number of H-pyrrole nitrogens is 1. The van der Waals surface area contributed by atoms with Crippen LogP contribution in [0.1, 0.15) is 18.2 Å². The van der Waals surface area contributed by atoms with Crippen molar-refractivity contribution in [1.29, 1.82) is 0 Å². The Morgan fingerprint density at radius 3 is 3.15 bits per heavy atom. The maximum absolute atomic E-state index is 11.5. The Kier molecular flexibility index (Phi) is 4.41. The third-order valence-corrected chi connectivity index (χ3v) is 3.66. The fourth-order valence-corrected chi connectivity index (χ4v) is 2.66. The molecule has 8 nitrogen and oxygen atoms in total. The molecule has 2 aromatic rings. The summed E-state index contributed by atoms with van der Waals surface area (Å²) < 4.78 is 1.53. The molecule has 0 spiro atoms. The van der Waals surface area contributed by atoms with Crippen molar-refractivity contribution in [2.24, 2.45) is 10.9 Å². The van der Waals surface area contributed by atoms with E-state index in [1.54, 1.807) is 12.3 Å². The van der Waals surface area contributed by atoms with E-state index >= 15 is 0 Å². The molecule has 4 N–H and O–H groups in total. The number of amidine groups is 1. The highest BCUT2D eigenvalue weighted by atomic mass is 32.2. The van der Waals surface area contributed by atoms with Crippen LogP contribution in [0.4, 0.5) is 0 Å². The van der Waals surface area contributed by atoms with Gasteiger partial charge in [0.2, 0.25) is 0 Å². The zero-order valence-corrected chi connectivity index (χ0v) is 11.6. The number of nitrogens with zero attached hydrogens (tertiary/aromatic N) is 4. The van der Waals surface area contributed by atoms with E-state index in [2.05, 4.69) is 20.3 Å². The summed E-state index contributed by atoms with van der Waals surface area (Å²) in [5.41, 5.74) is 6.55. The standard InChI is InChI=1S/C11H14N6O2S/c1-2-17-10(18)14-15-11(17)20-6-7-4-3-5-13-8(7)9(12)16-19/h3-5,19H,2,6H2,1H3,(H2,12,16)(H,14,18). The van der Waals surface area contributed by atoms with Gasteiger partial charge >= 0.3 is 5.69 Å². The zero-order valence-electron chi connectivity index (χ0n) is 10.8. The second-order valence-electron chi connectivity index (χ2n) is 3.84. The lowest BCUT2D eigenvalue weighted by Gasteiger charge is -2.06. The van der Waals surface area contributed by atoms with Gasteiger partial charge < -0.3 is 10.9 Å². The molecule has 2 rings (SSSR count). The highest BCUT2D eigenvalue weighted by Gasteiger charge is 2.11. The predicted octanol–water partition coefficient (Wildman–Crippen LogP) is 0.373. The van der Waals surface area contributed by atoms with Gasteiger partial charge in [-0.15, -0.1) is 5.10 Å². The molecule has 0 aliphatic heterocycles. The molecule has 9 heteroatoms. The molecule has 0 unspecified atom stereocenters. The lowest BCUT2D eigenvalue weighted by atomic mass is 10.2. The van der Waals surface area contributed by atoms with E-state index in [0.717, 1.165) is 5.56 Å². The first kappa shape index (κ1) is 14.1. The van der Waals surface area contributed by atoms with Crippen molar-refractivity contribution in [3.05, 3.63) is 40.1 Å². The number of aromatic nitrogens is 4. The summed E-state index contributed by atoms with van der Waals surface area (Å²) in [6.07, 6.45) is 1.57. The monoisotopic (exact) mass is 294 g/mol. The first-order valence-corrected chi connectivity index (χ1v) is 6.85. The number of rotatable bonds is 5. The summed E-state index contributed by atoms with van der Waals surface area (Å²) in [6, 6.07) is 3.59. The molecule has 2 aromatic heterocycles. The van der Waals surface area contributed by atoms with E-state index in [4.69, 9.17) is 10.9 Å². The van der Waals surface area contributed by atoms with E-state index in [-0.39, 0.29) is 11.5 Å². The summed E-state index contributed by atoms with van der Waals surface area (Å²) in [4.78, 5) is 15.5. The largest absolute Gasteiger partial charge is 0.409 e. The topological polar surface area (TPSA) is 122 Å². The summed E-state index contributed by atoms with van der Waals surface area (Å²) in [5.74, 6) is 0.458. The fraction of sp³-hybridized carbons (Fsp3) is 0.273. The van der Waals surface area contributed by atoms with Crippen LogP contribution in [0.15, 0.2) is 33.4 Å². The van der Waals surface area contributed by atoms with Crippen molar-refractivity contribution >= 4 is 17.6 Å². The SMILES string of the molecule is CCn1c(SCc2cccnc2C(N)=NO)n[nH]c1=O. The van der Waals surface area contributed by atoms with Crippen LogP contribution < -0.4 is 11.4 Å². The molecule has 0 atom stereocenters. The van der Waals surface area contributed by atoms with E-state index < -0.39 is 0 Å². The van der Waals surface area contributed by atoms with Gasteiger partial charge in [0.05, 0.1) is 0 Å². The van der Waals surface area contributed by atoms with Gasteiger partial charge in [0.15, 0.2) is 11.0 Å². The number of hydrogen-bond donors (Lipinski definition) is 3. The predicted molar refractivity (Wildman–Crippen MR) is 74.8 cm³/mol. The van der Waals surface area contributed by atoms with Crippen LogP contribution in [0.5, 0.6) is 0 Å². The average Bonchev–Trinajstić information content (AvgIpc) is 2.84. The highest BCUT2D eigenvalue weighted by Crippen LogP contribution is 2.21. The number of nitrogens with one attached hydrogen (secondary N) is 1. The van der Waals surface area contributed by atoms with Crippen LogP contribution in [-0.4, -0.2) is 30.8 Å². The van der Waals surface area contributed by atoms with Crippen molar-refractivity contribution in [2.75, 3.05) is 0 Å². The number of aromatic amines is 1. The maximum Gasteiger partial charge on any atom is 0.343 e. The second kappa shape index (κ2) is 6.24. The molecule has 0 saturated carbocycles. The van der Waals surface area contributed by atoms with Gasteiger partial charge in [-0.3, -0.25) is 9.55 Å². The van der Waals surface area contributed by atoms with Crippen molar-refractivity contribution in [2.45, 2.75) is 24.4 Å². The van der Waals surface area contributed by atoms with Gasteiger partial charge in [0.25, 0.3) is 0 Å². The Labute approximate surface area is 118 Å². The van der Waals surface area contributed by atoms with E-state index in [1.807, 2.05) is 13.0 Å². The third-order valence-electron chi connectivity index (χ3n) is 2.64. The van der Waals surface area contributed by atoms with Crippen LogP contribution in [0.2, 0.25) is 0 Å². The molecule has 0 amide bonds. The Hall–Kier alpha value is -2.29.